The van der Waals surface area contributed by atoms with Crippen molar-refractivity contribution < 1.29 is 6.17 Å². The zero-order valence-electron chi connectivity index (χ0n) is 12.1. The molecule has 0 saturated heterocycles. The van der Waals surface area contributed by atoms with Crippen LogP contribution in [0.1, 0.15) is 24.6 Å². The highest BCUT2D eigenvalue weighted by Gasteiger charge is 2.09. The number of imidazole rings is 1. The fraction of sp³-hybridized carbons (Fsp3) is 0.176. The molecule has 0 spiro atoms. The van der Waals surface area contributed by atoms with Crippen LogP contribution in [0.15, 0.2) is 60.9 Å². The fourth-order valence-electron chi connectivity index (χ4n) is 2.30. The van der Waals surface area contributed by atoms with Gasteiger partial charge in [-0.3, -0.25) is 9.36 Å². The fourth-order valence-corrected chi connectivity index (χ4v) is 2.30. The van der Waals surface area contributed by atoms with Gasteiger partial charge in [-0.2, -0.15) is 0 Å². The second-order valence-corrected chi connectivity index (χ2v) is 4.77. The van der Waals surface area contributed by atoms with Gasteiger partial charge in [-0.1, -0.05) is 42.5 Å². The molecule has 0 amide bonds. The summed E-state index contributed by atoms with van der Waals surface area (Å²) in [5.74, 6) is -0.0652. The molecule has 100 valence electrons. The van der Waals surface area contributed by atoms with Crippen molar-refractivity contribution >= 4 is 16.9 Å². The van der Waals surface area contributed by atoms with Crippen molar-refractivity contribution in [2.24, 2.45) is 0 Å². The lowest BCUT2D eigenvalue weighted by atomic mass is 10.1. The standard InChI is InChI=1S/C17H16N2O/c20-17(12-6-9-14-7-2-1-3-8-14)19-13-18-15-10-4-5-11-16(15)19/h1-5,7-8,10-11,13H,6,9,12H2/i13D. The molecule has 1 aromatic heterocycles. The van der Waals surface area contributed by atoms with Crippen LogP contribution in [0.4, 0.5) is 0 Å². The molecule has 0 N–H and O–H groups in total. The maximum atomic E-state index is 12.3. The summed E-state index contributed by atoms with van der Waals surface area (Å²) in [5.41, 5.74) is 2.64. The molecule has 3 heteroatoms. The van der Waals surface area contributed by atoms with E-state index in [0.717, 1.165) is 12.8 Å². The topological polar surface area (TPSA) is 34.9 Å². The molecular formula is C17H16N2O. The van der Waals surface area contributed by atoms with Gasteiger partial charge in [0.05, 0.1) is 11.0 Å². The number of benzene rings is 2. The van der Waals surface area contributed by atoms with E-state index in [1.54, 1.807) is 0 Å². The van der Waals surface area contributed by atoms with E-state index in [1.807, 2.05) is 42.5 Å². The number of nitrogens with zero attached hydrogens (tertiary/aromatic N) is 2. The number of carbonyl (C=O) groups excluding carboxylic acids is 1. The minimum atomic E-state index is -0.0652. The van der Waals surface area contributed by atoms with E-state index in [4.69, 9.17) is 1.37 Å². The summed E-state index contributed by atoms with van der Waals surface area (Å²) in [5, 5.41) is 0. The number of rotatable bonds is 4. The maximum absolute atomic E-state index is 12.3. The zero-order valence-corrected chi connectivity index (χ0v) is 11.1. The van der Waals surface area contributed by atoms with E-state index >= 15 is 0 Å². The summed E-state index contributed by atoms with van der Waals surface area (Å²) < 4.78 is 9.26. The van der Waals surface area contributed by atoms with Crippen LogP contribution in [0.3, 0.4) is 0 Å². The first kappa shape index (κ1) is 11.4. The number of hydrogen-bond acceptors (Lipinski definition) is 2. The largest absolute Gasteiger partial charge is 0.274 e. The van der Waals surface area contributed by atoms with Crippen LogP contribution in [0.5, 0.6) is 0 Å². The normalized spacial score (nSPS) is 11.5. The monoisotopic (exact) mass is 265 g/mol. The summed E-state index contributed by atoms with van der Waals surface area (Å²) in [6, 6.07) is 17.5. The van der Waals surface area contributed by atoms with Crippen LogP contribution in [0, 0.1) is 0 Å². The van der Waals surface area contributed by atoms with Crippen molar-refractivity contribution in [3.05, 3.63) is 66.5 Å². The van der Waals surface area contributed by atoms with Crippen LogP contribution in [-0.4, -0.2) is 15.5 Å². The quantitative estimate of drug-likeness (QED) is 0.721. The Morgan fingerprint density at radius 2 is 1.85 bits per heavy atom. The summed E-state index contributed by atoms with van der Waals surface area (Å²) in [6.45, 7) is 0. The third kappa shape index (κ3) is 2.62. The highest BCUT2D eigenvalue weighted by molar-refractivity contribution is 5.90. The van der Waals surface area contributed by atoms with Gasteiger partial charge in [0, 0.05) is 6.42 Å². The molecule has 0 aliphatic heterocycles. The molecule has 0 radical (unpaired) electrons. The van der Waals surface area contributed by atoms with Gasteiger partial charge in [-0.15, -0.1) is 0 Å². The van der Waals surface area contributed by atoms with Gasteiger partial charge in [-0.25, -0.2) is 4.98 Å². The minimum Gasteiger partial charge on any atom is -0.274 e. The Kier molecular flexibility index (Phi) is 3.25. The Balaban J connectivity index is 1.71. The number of fused-ring (bicyclic) bond motifs is 1. The number of aryl methyl sites for hydroxylation is 1. The van der Waals surface area contributed by atoms with Gasteiger partial charge in [-0.05, 0) is 30.5 Å². The lowest BCUT2D eigenvalue weighted by molar-refractivity contribution is 0.0905. The van der Waals surface area contributed by atoms with Crippen molar-refractivity contribution in [2.75, 3.05) is 0 Å². The van der Waals surface area contributed by atoms with E-state index in [1.165, 1.54) is 10.1 Å². The molecule has 0 unspecified atom stereocenters. The minimum absolute atomic E-state index is 0.0147. The van der Waals surface area contributed by atoms with Crippen molar-refractivity contribution in [2.45, 2.75) is 19.3 Å². The highest BCUT2D eigenvalue weighted by Crippen LogP contribution is 2.13. The summed E-state index contributed by atoms with van der Waals surface area (Å²) in [6.07, 6.45) is 2.07. The van der Waals surface area contributed by atoms with E-state index in [2.05, 4.69) is 17.1 Å². The van der Waals surface area contributed by atoms with Gasteiger partial charge in [0.1, 0.15) is 7.67 Å². The van der Waals surface area contributed by atoms with Gasteiger partial charge in [0.15, 0.2) is 0 Å². The molecule has 1 heterocycles. The van der Waals surface area contributed by atoms with Gasteiger partial charge >= 0.3 is 0 Å². The Bertz CT molecular complexity index is 765. The van der Waals surface area contributed by atoms with Crippen LogP contribution in [0.25, 0.3) is 11.0 Å². The Hall–Kier alpha value is -2.42. The predicted molar refractivity (Wildman–Crippen MR) is 79.7 cm³/mol. The van der Waals surface area contributed by atoms with Crippen molar-refractivity contribution in [1.29, 1.82) is 0 Å². The van der Waals surface area contributed by atoms with Crippen molar-refractivity contribution in [1.82, 2.24) is 9.55 Å². The molecule has 0 fully saturated rings. The SMILES string of the molecule is [2H]c1nc2ccccc2n1C(=O)CCCc1ccccc1. The second kappa shape index (κ2) is 5.70. The number of carbonyl (C=O) groups is 1. The third-order valence-electron chi connectivity index (χ3n) is 3.34. The molecule has 3 rings (SSSR count). The number of para-hydroxylation sites is 2. The Morgan fingerprint density at radius 3 is 2.70 bits per heavy atom. The van der Waals surface area contributed by atoms with Crippen LogP contribution in [-0.2, 0) is 6.42 Å². The van der Waals surface area contributed by atoms with Crippen molar-refractivity contribution in [3.63, 3.8) is 0 Å². The lowest BCUT2D eigenvalue weighted by Gasteiger charge is -2.03. The summed E-state index contributed by atoms with van der Waals surface area (Å²) >= 11 is 0. The smallest absolute Gasteiger partial charge is 0.232 e. The molecule has 3 aromatic rings. The number of aromatic nitrogens is 2. The molecule has 3 nitrogen and oxygen atoms in total. The van der Waals surface area contributed by atoms with Crippen LogP contribution >= 0.6 is 0 Å². The molecule has 20 heavy (non-hydrogen) atoms. The van der Waals surface area contributed by atoms with E-state index in [9.17, 15) is 4.79 Å². The van der Waals surface area contributed by atoms with Gasteiger partial charge in [0.2, 0.25) is 5.91 Å². The Labute approximate surface area is 119 Å². The van der Waals surface area contributed by atoms with Gasteiger partial charge in [0.25, 0.3) is 0 Å². The highest BCUT2D eigenvalue weighted by atomic mass is 16.2. The van der Waals surface area contributed by atoms with Crippen molar-refractivity contribution in [3.8, 4) is 0 Å². The lowest BCUT2D eigenvalue weighted by Crippen LogP contribution is -2.09. The Morgan fingerprint density at radius 1 is 1.10 bits per heavy atom. The second-order valence-electron chi connectivity index (χ2n) is 4.77. The van der Waals surface area contributed by atoms with Crippen LogP contribution in [0.2, 0.25) is 0 Å². The average molecular weight is 265 g/mol. The maximum Gasteiger partial charge on any atom is 0.232 e. The van der Waals surface area contributed by atoms with E-state index in [0.29, 0.717) is 17.5 Å². The molecule has 0 aliphatic carbocycles. The van der Waals surface area contributed by atoms with Gasteiger partial charge < -0.3 is 0 Å². The first-order chi connectivity index (χ1) is 10.3. The van der Waals surface area contributed by atoms with E-state index < -0.39 is 0 Å². The van der Waals surface area contributed by atoms with Crippen LogP contribution < -0.4 is 0 Å². The predicted octanol–water partition coefficient (Wildman–Crippen LogP) is 3.70. The number of hydrogen-bond donors (Lipinski definition) is 0. The zero-order chi connectivity index (χ0) is 14.7. The first-order valence-corrected chi connectivity index (χ1v) is 6.77. The summed E-state index contributed by atoms with van der Waals surface area (Å²) in [4.78, 5) is 16.4. The van der Waals surface area contributed by atoms with E-state index in [-0.39, 0.29) is 12.2 Å². The molecule has 2 aromatic carbocycles. The third-order valence-corrected chi connectivity index (χ3v) is 3.34. The molecule has 0 atom stereocenters. The molecule has 0 aliphatic rings. The summed E-state index contributed by atoms with van der Waals surface area (Å²) in [7, 11) is 0. The molecular weight excluding hydrogens is 248 g/mol. The first-order valence-electron chi connectivity index (χ1n) is 7.27. The molecule has 0 saturated carbocycles. The molecule has 0 bridgehead atoms. The average Bonchev–Trinajstić information content (AvgIpc) is 2.84.